The van der Waals surface area contributed by atoms with Crippen LogP contribution in [-0.4, -0.2) is 18.3 Å². The van der Waals surface area contributed by atoms with Gasteiger partial charge in [-0.15, -0.1) is 0 Å². The van der Waals surface area contributed by atoms with Crippen LogP contribution in [0.5, 0.6) is 5.75 Å². The molecule has 1 aliphatic carbocycles. The molecule has 0 spiro atoms. The zero-order valence-electron chi connectivity index (χ0n) is 14.8. The molecule has 0 fully saturated rings. The quantitative estimate of drug-likeness (QED) is 0.732. The monoisotopic (exact) mass is 363 g/mol. The normalized spacial score (nSPS) is 15.6. The molecule has 3 aromatic carbocycles. The van der Waals surface area contributed by atoms with E-state index < -0.39 is 5.82 Å². The van der Waals surface area contributed by atoms with E-state index in [2.05, 4.69) is 5.32 Å². The second-order valence-electron chi connectivity index (χ2n) is 6.76. The van der Waals surface area contributed by atoms with E-state index in [0.717, 1.165) is 10.8 Å². The van der Waals surface area contributed by atoms with Gasteiger partial charge in [0.15, 0.2) is 12.4 Å². The number of amides is 1. The summed E-state index contributed by atoms with van der Waals surface area (Å²) >= 11 is 0. The van der Waals surface area contributed by atoms with Gasteiger partial charge in [0.25, 0.3) is 5.91 Å². The highest BCUT2D eigenvalue weighted by atomic mass is 19.1. The number of ketones is 1. The summed E-state index contributed by atoms with van der Waals surface area (Å²) in [5.41, 5.74) is 1.31. The van der Waals surface area contributed by atoms with Crippen LogP contribution in [0.3, 0.4) is 0 Å². The summed E-state index contributed by atoms with van der Waals surface area (Å²) in [6.45, 7) is 1.55. The Hall–Kier alpha value is -3.21. The van der Waals surface area contributed by atoms with Crippen LogP contribution in [-0.2, 0) is 4.79 Å². The van der Waals surface area contributed by atoms with E-state index in [1.54, 1.807) is 0 Å². The van der Waals surface area contributed by atoms with Crippen LogP contribution >= 0.6 is 0 Å². The highest BCUT2D eigenvalue weighted by Gasteiger charge is 2.32. The standard InChI is InChI=1S/C22H18FNO3/c1-13-10-18(25)22-19(9-8-17(23)21(13)22)27-12-20(26)24-16-7-6-14-4-2-3-5-15(14)11-16/h2-9,11,13H,10,12H2,1H3,(H,24,26)/t13-/m1/s1. The second-order valence-corrected chi connectivity index (χ2v) is 6.76. The number of carbonyl (C=O) groups excluding carboxylic acids is 2. The third kappa shape index (κ3) is 3.28. The molecule has 3 aromatic rings. The lowest BCUT2D eigenvalue weighted by Gasteiger charge is -2.12. The van der Waals surface area contributed by atoms with E-state index >= 15 is 0 Å². The molecule has 1 atom stereocenters. The van der Waals surface area contributed by atoms with Crippen molar-refractivity contribution in [3.63, 3.8) is 0 Å². The third-order valence-electron chi connectivity index (χ3n) is 4.81. The Bertz CT molecular complexity index is 1060. The summed E-state index contributed by atoms with van der Waals surface area (Å²) in [5.74, 6) is -0.822. The van der Waals surface area contributed by atoms with Crippen molar-refractivity contribution in [3.8, 4) is 5.75 Å². The predicted molar refractivity (Wildman–Crippen MR) is 102 cm³/mol. The fourth-order valence-electron chi connectivity index (χ4n) is 3.55. The maximum absolute atomic E-state index is 14.0. The van der Waals surface area contributed by atoms with Crippen LogP contribution in [0, 0.1) is 5.82 Å². The van der Waals surface area contributed by atoms with Crippen molar-refractivity contribution < 1.29 is 18.7 Å². The Labute approximate surface area is 156 Å². The number of halogens is 1. The Morgan fingerprint density at radius 2 is 1.93 bits per heavy atom. The molecule has 1 N–H and O–H groups in total. The average molecular weight is 363 g/mol. The number of benzene rings is 3. The molecule has 0 aliphatic heterocycles. The Morgan fingerprint density at radius 1 is 1.15 bits per heavy atom. The minimum atomic E-state index is -0.406. The maximum Gasteiger partial charge on any atom is 0.262 e. The Morgan fingerprint density at radius 3 is 2.74 bits per heavy atom. The molecule has 0 heterocycles. The number of carbonyl (C=O) groups is 2. The lowest BCUT2D eigenvalue weighted by molar-refractivity contribution is -0.118. The van der Waals surface area contributed by atoms with E-state index in [4.69, 9.17) is 4.74 Å². The summed E-state index contributed by atoms with van der Waals surface area (Å²) < 4.78 is 19.6. The molecule has 4 nitrogen and oxygen atoms in total. The first-order valence-corrected chi connectivity index (χ1v) is 8.80. The van der Waals surface area contributed by atoms with Crippen LogP contribution in [0.4, 0.5) is 10.1 Å². The number of nitrogens with one attached hydrogen (secondary N) is 1. The molecular formula is C22H18FNO3. The third-order valence-corrected chi connectivity index (χ3v) is 4.81. The summed E-state index contributed by atoms with van der Waals surface area (Å²) in [6, 6.07) is 16.2. The number of hydrogen-bond donors (Lipinski definition) is 1. The van der Waals surface area contributed by atoms with E-state index in [9.17, 15) is 14.0 Å². The first-order chi connectivity index (χ1) is 13.0. The first kappa shape index (κ1) is 17.2. The molecule has 1 aliphatic rings. The molecule has 4 rings (SSSR count). The minimum Gasteiger partial charge on any atom is -0.483 e. The van der Waals surface area contributed by atoms with Crippen molar-refractivity contribution in [2.75, 3.05) is 11.9 Å². The van der Waals surface area contributed by atoms with Crippen molar-refractivity contribution in [1.29, 1.82) is 0 Å². The number of fused-ring (bicyclic) bond motifs is 2. The molecule has 0 saturated heterocycles. The van der Waals surface area contributed by atoms with E-state index in [1.165, 1.54) is 12.1 Å². The predicted octanol–water partition coefficient (Wildman–Crippen LogP) is 4.69. The van der Waals surface area contributed by atoms with E-state index in [0.29, 0.717) is 11.3 Å². The van der Waals surface area contributed by atoms with Gasteiger partial charge in [-0.2, -0.15) is 0 Å². The van der Waals surface area contributed by atoms with Crippen molar-refractivity contribution in [3.05, 3.63) is 71.5 Å². The topological polar surface area (TPSA) is 55.4 Å². The van der Waals surface area contributed by atoms with Gasteiger partial charge < -0.3 is 10.1 Å². The average Bonchev–Trinajstić information content (AvgIpc) is 2.96. The van der Waals surface area contributed by atoms with Gasteiger partial charge in [0.2, 0.25) is 0 Å². The number of hydrogen-bond acceptors (Lipinski definition) is 3. The lowest BCUT2D eigenvalue weighted by Crippen LogP contribution is -2.20. The second kappa shape index (κ2) is 6.83. The lowest BCUT2D eigenvalue weighted by atomic mass is 10.0. The molecule has 0 radical (unpaired) electrons. The number of anilines is 1. The van der Waals surface area contributed by atoms with Crippen molar-refractivity contribution in [1.82, 2.24) is 0 Å². The van der Waals surface area contributed by atoms with Gasteiger partial charge in [-0.1, -0.05) is 37.3 Å². The van der Waals surface area contributed by atoms with Gasteiger partial charge in [-0.25, -0.2) is 4.39 Å². The first-order valence-electron chi connectivity index (χ1n) is 8.80. The zero-order chi connectivity index (χ0) is 19.0. The fourth-order valence-corrected chi connectivity index (χ4v) is 3.55. The Kier molecular flexibility index (Phi) is 4.36. The van der Waals surface area contributed by atoms with Gasteiger partial charge in [-0.3, -0.25) is 9.59 Å². The maximum atomic E-state index is 14.0. The molecule has 136 valence electrons. The largest absolute Gasteiger partial charge is 0.483 e. The van der Waals surface area contributed by atoms with Crippen molar-refractivity contribution in [2.24, 2.45) is 0 Å². The van der Waals surface area contributed by atoms with Gasteiger partial charge in [0.1, 0.15) is 11.6 Å². The summed E-state index contributed by atoms with van der Waals surface area (Å²) in [7, 11) is 0. The molecule has 0 bridgehead atoms. The number of Topliss-reactive ketones (excluding diaryl/α,β-unsaturated/α-hetero) is 1. The van der Waals surface area contributed by atoms with E-state index in [-0.39, 0.29) is 41.9 Å². The van der Waals surface area contributed by atoms with Crippen LogP contribution < -0.4 is 10.1 Å². The molecule has 1 amide bonds. The van der Waals surface area contributed by atoms with Crippen LogP contribution in [0.15, 0.2) is 54.6 Å². The Balaban J connectivity index is 1.47. The van der Waals surface area contributed by atoms with Crippen LogP contribution in [0.25, 0.3) is 10.8 Å². The van der Waals surface area contributed by atoms with E-state index in [1.807, 2.05) is 49.4 Å². The smallest absolute Gasteiger partial charge is 0.262 e. The molecule has 0 unspecified atom stereocenters. The van der Waals surface area contributed by atoms with Crippen LogP contribution in [0.2, 0.25) is 0 Å². The summed E-state index contributed by atoms with van der Waals surface area (Å²) in [6.07, 6.45) is 0.260. The van der Waals surface area contributed by atoms with Gasteiger partial charge in [0.05, 0.1) is 5.56 Å². The summed E-state index contributed by atoms with van der Waals surface area (Å²) in [4.78, 5) is 24.4. The van der Waals surface area contributed by atoms with Gasteiger partial charge in [-0.05, 0) is 41.0 Å². The van der Waals surface area contributed by atoms with Gasteiger partial charge in [0, 0.05) is 17.7 Å². The van der Waals surface area contributed by atoms with Crippen molar-refractivity contribution in [2.45, 2.75) is 19.3 Å². The highest BCUT2D eigenvalue weighted by Crippen LogP contribution is 2.39. The molecule has 5 heteroatoms. The highest BCUT2D eigenvalue weighted by molar-refractivity contribution is 6.04. The van der Waals surface area contributed by atoms with Crippen LogP contribution in [0.1, 0.15) is 35.2 Å². The van der Waals surface area contributed by atoms with Gasteiger partial charge >= 0.3 is 0 Å². The summed E-state index contributed by atoms with van der Waals surface area (Å²) in [5, 5.41) is 4.89. The molecule has 27 heavy (non-hydrogen) atoms. The minimum absolute atomic E-state index is 0.151. The zero-order valence-corrected chi connectivity index (χ0v) is 14.8. The fraction of sp³-hybridized carbons (Fsp3) is 0.182. The molecule has 0 saturated carbocycles. The molecule has 0 aromatic heterocycles. The number of ether oxygens (including phenoxy) is 1. The van der Waals surface area contributed by atoms with Crippen molar-refractivity contribution >= 4 is 28.2 Å². The molecular weight excluding hydrogens is 345 g/mol. The SMILES string of the molecule is C[C@@H]1CC(=O)c2c(OCC(=O)Nc3ccc4ccccc4c3)ccc(F)c21. The number of rotatable bonds is 4.